The van der Waals surface area contributed by atoms with Crippen LogP contribution in [0.15, 0.2) is 68.7 Å². The van der Waals surface area contributed by atoms with Crippen LogP contribution in [-0.2, 0) is 0 Å². The number of benzene rings is 1. The second kappa shape index (κ2) is 7.62. The number of furan rings is 1. The van der Waals surface area contributed by atoms with Crippen LogP contribution in [0, 0.1) is 11.3 Å². The van der Waals surface area contributed by atoms with Gasteiger partial charge in [0.2, 0.25) is 5.88 Å². The molecule has 0 radical (unpaired) electrons. The van der Waals surface area contributed by atoms with Crippen molar-refractivity contribution in [1.82, 2.24) is 0 Å². The van der Waals surface area contributed by atoms with Crippen LogP contribution in [0.5, 0.6) is 5.75 Å². The third-order valence-electron chi connectivity index (χ3n) is 3.96. The zero-order valence-electron chi connectivity index (χ0n) is 14.4. The number of methoxy groups -OCH3 is 1. The summed E-state index contributed by atoms with van der Waals surface area (Å²) in [6.07, 6.45) is 1.69. The van der Waals surface area contributed by atoms with Gasteiger partial charge in [0.25, 0.3) is 0 Å². The first-order valence-corrected chi connectivity index (χ1v) is 9.89. The predicted molar refractivity (Wildman–Crippen MR) is 110 cm³/mol. The molecule has 27 heavy (non-hydrogen) atoms. The largest absolute Gasteiger partial charge is 0.497 e. The van der Waals surface area contributed by atoms with Gasteiger partial charge in [-0.05, 0) is 52.7 Å². The van der Waals surface area contributed by atoms with E-state index in [0.717, 1.165) is 26.6 Å². The SMILES string of the molecule is COc1ccc(C=Nc2oc(-c3cccs3)c(-c3cccs3)c2C#N)cc1. The second-order valence-electron chi connectivity index (χ2n) is 5.58. The topological polar surface area (TPSA) is 58.5 Å². The Labute approximate surface area is 164 Å². The van der Waals surface area contributed by atoms with Gasteiger partial charge >= 0.3 is 0 Å². The molecule has 0 saturated carbocycles. The normalized spacial score (nSPS) is 11.0. The fourth-order valence-electron chi connectivity index (χ4n) is 2.67. The van der Waals surface area contributed by atoms with E-state index in [1.165, 1.54) is 0 Å². The van der Waals surface area contributed by atoms with Crippen LogP contribution < -0.4 is 4.74 Å². The van der Waals surface area contributed by atoms with E-state index in [4.69, 9.17) is 9.15 Å². The number of nitriles is 1. The molecule has 3 heterocycles. The van der Waals surface area contributed by atoms with Crippen molar-refractivity contribution < 1.29 is 9.15 Å². The lowest BCUT2D eigenvalue weighted by Crippen LogP contribution is -1.84. The van der Waals surface area contributed by atoms with Gasteiger partial charge in [-0.15, -0.1) is 22.7 Å². The Bertz CT molecular complexity index is 1100. The number of hydrogen-bond acceptors (Lipinski definition) is 6. The average Bonchev–Trinajstić information content (AvgIpc) is 3.46. The van der Waals surface area contributed by atoms with Gasteiger partial charge < -0.3 is 9.15 Å². The van der Waals surface area contributed by atoms with Crippen LogP contribution >= 0.6 is 22.7 Å². The maximum Gasteiger partial charge on any atom is 0.238 e. The van der Waals surface area contributed by atoms with E-state index in [0.29, 0.717) is 17.2 Å². The van der Waals surface area contributed by atoms with Crippen LogP contribution in [0.1, 0.15) is 11.1 Å². The molecule has 132 valence electrons. The molecule has 0 unspecified atom stereocenters. The Morgan fingerprint density at radius 2 is 1.74 bits per heavy atom. The number of rotatable bonds is 5. The van der Waals surface area contributed by atoms with Gasteiger partial charge in [0.05, 0.1) is 17.6 Å². The first-order chi connectivity index (χ1) is 13.3. The highest BCUT2D eigenvalue weighted by Gasteiger charge is 2.23. The zero-order valence-corrected chi connectivity index (χ0v) is 16.0. The van der Waals surface area contributed by atoms with E-state index >= 15 is 0 Å². The molecule has 0 aliphatic carbocycles. The van der Waals surface area contributed by atoms with Crippen molar-refractivity contribution in [2.75, 3.05) is 7.11 Å². The molecule has 4 rings (SSSR count). The molecule has 0 saturated heterocycles. The van der Waals surface area contributed by atoms with E-state index in [1.807, 2.05) is 59.3 Å². The Morgan fingerprint density at radius 1 is 1.04 bits per heavy atom. The van der Waals surface area contributed by atoms with Gasteiger partial charge in [-0.25, -0.2) is 4.99 Å². The van der Waals surface area contributed by atoms with E-state index < -0.39 is 0 Å². The Balaban J connectivity index is 1.80. The van der Waals surface area contributed by atoms with Gasteiger partial charge in [0.1, 0.15) is 17.4 Å². The summed E-state index contributed by atoms with van der Waals surface area (Å²) in [6.45, 7) is 0. The Kier molecular flexibility index (Phi) is 4.88. The molecule has 0 N–H and O–H groups in total. The lowest BCUT2D eigenvalue weighted by molar-refractivity contribution is 0.415. The van der Waals surface area contributed by atoms with Crippen LogP contribution in [-0.4, -0.2) is 13.3 Å². The molecule has 0 fully saturated rings. The van der Waals surface area contributed by atoms with Crippen molar-refractivity contribution >= 4 is 34.8 Å². The van der Waals surface area contributed by atoms with E-state index in [2.05, 4.69) is 11.1 Å². The van der Waals surface area contributed by atoms with Crippen molar-refractivity contribution in [2.45, 2.75) is 0 Å². The maximum absolute atomic E-state index is 9.78. The predicted octanol–water partition coefficient (Wildman–Crippen LogP) is 6.37. The third kappa shape index (κ3) is 3.43. The first-order valence-electron chi connectivity index (χ1n) is 8.13. The van der Waals surface area contributed by atoms with Crippen LogP contribution in [0.3, 0.4) is 0 Å². The quantitative estimate of drug-likeness (QED) is 0.372. The Morgan fingerprint density at radius 3 is 2.33 bits per heavy atom. The van der Waals surface area contributed by atoms with Crippen molar-refractivity contribution in [3.05, 3.63) is 70.4 Å². The van der Waals surface area contributed by atoms with Gasteiger partial charge in [0.15, 0.2) is 5.76 Å². The fraction of sp³-hybridized carbons (Fsp3) is 0.0476. The Hall–Kier alpha value is -3.14. The highest BCUT2D eigenvalue weighted by molar-refractivity contribution is 7.14. The molecule has 4 nitrogen and oxygen atoms in total. The average molecular weight is 390 g/mol. The van der Waals surface area contributed by atoms with Crippen molar-refractivity contribution in [3.63, 3.8) is 0 Å². The molecule has 0 bridgehead atoms. The highest BCUT2D eigenvalue weighted by atomic mass is 32.1. The number of nitrogens with zero attached hydrogens (tertiary/aromatic N) is 2. The standard InChI is InChI=1S/C21H14N2O2S2/c1-24-15-8-6-14(7-9-15)13-23-21-16(12-22)19(17-4-2-10-26-17)20(25-21)18-5-3-11-27-18/h2-11,13H,1H3. The monoisotopic (exact) mass is 390 g/mol. The molecule has 4 aromatic rings. The minimum absolute atomic E-state index is 0.320. The summed E-state index contributed by atoms with van der Waals surface area (Å²) in [5.74, 6) is 1.79. The smallest absolute Gasteiger partial charge is 0.238 e. The molecule has 6 heteroatoms. The minimum Gasteiger partial charge on any atom is -0.497 e. The van der Waals surface area contributed by atoms with Gasteiger partial charge in [-0.2, -0.15) is 5.26 Å². The molecular weight excluding hydrogens is 376 g/mol. The van der Waals surface area contributed by atoms with Crippen LogP contribution in [0.2, 0.25) is 0 Å². The number of thiophene rings is 2. The third-order valence-corrected chi connectivity index (χ3v) is 5.72. The molecule has 0 atom stereocenters. The molecule has 0 aliphatic rings. The maximum atomic E-state index is 9.78. The summed E-state index contributed by atoms with van der Waals surface area (Å²) in [5.41, 5.74) is 2.15. The lowest BCUT2D eigenvalue weighted by Gasteiger charge is -1.98. The first kappa shape index (κ1) is 17.3. The zero-order chi connectivity index (χ0) is 18.6. The molecule has 3 aromatic heterocycles. The number of aliphatic imine (C=N–C) groups is 1. The van der Waals surface area contributed by atoms with Crippen molar-refractivity contribution in [2.24, 2.45) is 4.99 Å². The summed E-state index contributed by atoms with van der Waals surface area (Å²) in [4.78, 5) is 6.42. The summed E-state index contributed by atoms with van der Waals surface area (Å²) < 4.78 is 11.2. The highest BCUT2D eigenvalue weighted by Crippen LogP contribution is 2.45. The number of hydrogen-bond donors (Lipinski definition) is 0. The fourth-order valence-corrected chi connectivity index (χ4v) is 4.16. The minimum atomic E-state index is 0.320. The van der Waals surface area contributed by atoms with E-state index in [-0.39, 0.29) is 0 Å². The summed E-state index contributed by atoms with van der Waals surface area (Å²) in [5, 5.41) is 13.8. The lowest BCUT2D eigenvalue weighted by atomic mass is 10.1. The van der Waals surface area contributed by atoms with Crippen molar-refractivity contribution in [1.29, 1.82) is 5.26 Å². The molecular formula is C21H14N2O2S2. The van der Waals surface area contributed by atoms with Crippen molar-refractivity contribution in [3.8, 4) is 32.9 Å². The molecule has 0 amide bonds. The summed E-state index contributed by atoms with van der Waals surface area (Å²) >= 11 is 3.15. The molecule has 0 spiro atoms. The van der Waals surface area contributed by atoms with Gasteiger partial charge in [0, 0.05) is 11.1 Å². The van der Waals surface area contributed by atoms with Crippen LogP contribution in [0.4, 0.5) is 5.88 Å². The second-order valence-corrected chi connectivity index (χ2v) is 7.48. The van der Waals surface area contributed by atoms with E-state index in [1.54, 1.807) is 36.0 Å². The molecule has 0 aliphatic heterocycles. The van der Waals surface area contributed by atoms with E-state index in [9.17, 15) is 5.26 Å². The number of ether oxygens (including phenoxy) is 1. The molecule has 1 aromatic carbocycles. The summed E-state index contributed by atoms with van der Waals surface area (Å²) in [6, 6.07) is 17.7. The van der Waals surface area contributed by atoms with Crippen LogP contribution in [0.25, 0.3) is 21.1 Å². The van der Waals surface area contributed by atoms with Gasteiger partial charge in [-0.3, -0.25) is 0 Å². The summed E-state index contributed by atoms with van der Waals surface area (Å²) in [7, 11) is 1.63. The van der Waals surface area contributed by atoms with Gasteiger partial charge in [-0.1, -0.05) is 12.1 Å².